The van der Waals surface area contributed by atoms with Gasteiger partial charge in [-0.2, -0.15) is 0 Å². The van der Waals surface area contributed by atoms with Crippen molar-refractivity contribution in [2.75, 3.05) is 13.2 Å². The number of fused-ring (bicyclic) bond motifs is 7. The lowest BCUT2D eigenvalue weighted by molar-refractivity contribution is -0.468. The van der Waals surface area contributed by atoms with Crippen LogP contribution in [0.1, 0.15) is 65.2 Å². The highest BCUT2D eigenvalue weighted by atomic mass is 16.8. The van der Waals surface area contributed by atoms with Gasteiger partial charge >= 0.3 is 5.97 Å². The van der Waals surface area contributed by atoms with Crippen LogP contribution in [0.15, 0.2) is 23.3 Å². The van der Waals surface area contributed by atoms with E-state index in [2.05, 4.69) is 13.0 Å². The van der Waals surface area contributed by atoms with Crippen molar-refractivity contribution in [3.8, 4) is 0 Å². The molecule has 6 N–H and O–H groups in total. The van der Waals surface area contributed by atoms with E-state index < -0.39 is 90.2 Å². The second kappa shape index (κ2) is 11.9. The number of carbonyl (C=O) groups excluding carboxylic acids is 2. The molecule has 0 aromatic heterocycles. The molecule has 0 aromatic carbocycles. The Kier molecular flexibility index (Phi) is 8.29. The summed E-state index contributed by atoms with van der Waals surface area (Å²) in [5.74, 6) is -2.92. The number of carbonyl (C=O) groups is 2. The second-order valence-corrected chi connectivity index (χ2v) is 16.0. The van der Waals surface area contributed by atoms with Gasteiger partial charge in [-0.3, -0.25) is 0 Å². The first kappa shape index (κ1) is 34.3. The standard InChI is InChI=1S/C35H48O14/c1-16-9-25(48-30-29(41)28(40)27(39)24(13-36)46-30)35(43)31(45-16)47-22-11-18-3-4-21-20(33(18,15-37)12-23(22)49-35)5-7-32(2)19(6-8-34(21,32)42)17-10-26(38)44-14-17/h3,10,15-16,19-25,27-31,36,39-43H,4-9,11-14H2,1-2H3/t16-,19-,20+,21-,22-,23-,24-,25+,27-,28+,29-,30+,31+,32-,33-,34+,35+/m1/s1. The molecule has 4 aliphatic heterocycles. The molecule has 0 aromatic rings. The van der Waals surface area contributed by atoms with Gasteiger partial charge in [-0.15, -0.1) is 0 Å². The number of rotatable bonds is 5. The Bertz CT molecular complexity index is 1420. The van der Waals surface area contributed by atoms with Crippen LogP contribution < -0.4 is 0 Å². The fourth-order valence-electron chi connectivity index (χ4n) is 11.1. The molecule has 0 amide bonds. The molecule has 3 saturated heterocycles. The topological polar surface area (TPSA) is 211 Å². The first-order chi connectivity index (χ1) is 23.3. The van der Waals surface area contributed by atoms with Crippen LogP contribution in [0.25, 0.3) is 0 Å². The Morgan fingerprint density at radius 1 is 1.02 bits per heavy atom. The third-order valence-corrected chi connectivity index (χ3v) is 13.7. The zero-order valence-corrected chi connectivity index (χ0v) is 27.8. The summed E-state index contributed by atoms with van der Waals surface area (Å²) in [4.78, 5) is 25.4. The molecule has 0 unspecified atom stereocenters. The summed E-state index contributed by atoms with van der Waals surface area (Å²) in [5, 5.41) is 65.6. The predicted octanol–water partition coefficient (Wildman–Crippen LogP) is -0.255. The molecule has 17 atom stereocenters. The minimum Gasteiger partial charge on any atom is -0.458 e. The van der Waals surface area contributed by atoms with Crippen molar-refractivity contribution in [2.45, 2.75) is 138 Å². The van der Waals surface area contributed by atoms with Gasteiger partial charge in [-0.05, 0) is 75.2 Å². The van der Waals surface area contributed by atoms with E-state index in [-0.39, 0.29) is 43.2 Å². The maximum Gasteiger partial charge on any atom is 0.331 e. The zero-order valence-electron chi connectivity index (χ0n) is 27.8. The van der Waals surface area contributed by atoms with Crippen LogP contribution in [0.5, 0.6) is 0 Å². The number of cyclic esters (lactones) is 1. The normalized spacial score (nSPS) is 55.1. The number of hydrogen-bond donors (Lipinski definition) is 6. The van der Waals surface area contributed by atoms with Crippen molar-refractivity contribution in [3.63, 3.8) is 0 Å². The molecule has 272 valence electrons. The van der Waals surface area contributed by atoms with Crippen molar-refractivity contribution in [3.05, 3.63) is 23.3 Å². The molecule has 8 aliphatic rings. The van der Waals surface area contributed by atoms with Crippen molar-refractivity contribution >= 4 is 12.3 Å². The molecule has 4 heterocycles. The molecular weight excluding hydrogens is 644 g/mol. The molecular formula is C35H48O14. The van der Waals surface area contributed by atoms with Gasteiger partial charge in [-0.25, -0.2) is 4.79 Å². The molecule has 14 nitrogen and oxygen atoms in total. The summed E-state index contributed by atoms with van der Waals surface area (Å²) >= 11 is 0. The highest BCUT2D eigenvalue weighted by Crippen LogP contribution is 2.69. The van der Waals surface area contributed by atoms with Gasteiger partial charge in [0, 0.05) is 17.9 Å². The molecule has 0 bridgehead atoms. The lowest BCUT2D eigenvalue weighted by atomic mass is 9.45. The van der Waals surface area contributed by atoms with E-state index in [1.165, 1.54) is 0 Å². The van der Waals surface area contributed by atoms with Crippen molar-refractivity contribution in [1.29, 1.82) is 0 Å². The Morgan fingerprint density at radius 2 is 1.82 bits per heavy atom. The molecule has 8 rings (SSSR count). The lowest BCUT2D eigenvalue weighted by Gasteiger charge is -2.62. The van der Waals surface area contributed by atoms with Crippen molar-refractivity contribution < 1.29 is 68.6 Å². The van der Waals surface area contributed by atoms with Crippen LogP contribution in [-0.4, -0.2) is 129 Å². The number of aliphatic hydroxyl groups is 6. The van der Waals surface area contributed by atoms with Gasteiger partial charge in [-0.1, -0.05) is 18.6 Å². The number of aldehydes is 1. The van der Waals surface area contributed by atoms with E-state index in [9.17, 15) is 40.2 Å². The van der Waals surface area contributed by atoms with E-state index in [0.29, 0.717) is 32.1 Å². The summed E-state index contributed by atoms with van der Waals surface area (Å²) in [6.45, 7) is 3.49. The number of esters is 1. The molecule has 3 saturated carbocycles. The molecule has 4 aliphatic carbocycles. The highest BCUT2D eigenvalue weighted by molar-refractivity contribution is 5.85. The third kappa shape index (κ3) is 4.86. The SMILES string of the molecule is C[C@@H]1C[C@H](O[C@@H]2O[C@H](CO)[C@@H](O)[C@H](O)[C@H]2O)[C@]2(O)O[C@@H]3C[C@@]4(C=O)C(=CC[C@@H]5[C@@H]4CC[C@]4(C)[C@@H](C6=CC(=O)OC6)CC[C@]54O)C[C@H]3O[C@@H]2O1. The highest BCUT2D eigenvalue weighted by Gasteiger charge is 2.70. The zero-order chi connectivity index (χ0) is 34.7. The van der Waals surface area contributed by atoms with Crippen LogP contribution in [0, 0.1) is 28.6 Å². The maximum absolute atomic E-state index is 13.4. The van der Waals surface area contributed by atoms with Gasteiger partial charge in [0.1, 0.15) is 43.4 Å². The van der Waals surface area contributed by atoms with Crippen LogP contribution in [0.2, 0.25) is 0 Å². The lowest BCUT2D eigenvalue weighted by Crippen LogP contribution is -2.71. The van der Waals surface area contributed by atoms with Gasteiger partial charge in [0.25, 0.3) is 0 Å². The number of allylic oxidation sites excluding steroid dienone is 1. The van der Waals surface area contributed by atoms with Crippen molar-refractivity contribution in [2.24, 2.45) is 28.6 Å². The second-order valence-electron chi connectivity index (χ2n) is 16.0. The minimum absolute atomic E-state index is 0.00812. The summed E-state index contributed by atoms with van der Waals surface area (Å²) in [7, 11) is 0. The number of ether oxygens (including phenoxy) is 6. The molecule has 0 radical (unpaired) electrons. The first-order valence-electron chi connectivity index (χ1n) is 17.7. The van der Waals surface area contributed by atoms with Crippen LogP contribution in [-0.2, 0) is 38.0 Å². The smallest absolute Gasteiger partial charge is 0.331 e. The first-order valence-corrected chi connectivity index (χ1v) is 17.7. The largest absolute Gasteiger partial charge is 0.458 e. The summed E-state index contributed by atoms with van der Waals surface area (Å²) in [6.07, 6.45) is -3.31. The summed E-state index contributed by atoms with van der Waals surface area (Å²) in [5.41, 5.74) is -0.643. The van der Waals surface area contributed by atoms with Crippen LogP contribution in [0.4, 0.5) is 0 Å². The van der Waals surface area contributed by atoms with Crippen molar-refractivity contribution in [1.82, 2.24) is 0 Å². The van der Waals surface area contributed by atoms with Gasteiger partial charge in [0.2, 0.25) is 12.1 Å². The Balaban J connectivity index is 1.06. The Morgan fingerprint density at radius 3 is 2.53 bits per heavy atom. The summed E-state index contributed by atoms with van der Waals surface area (Å²) in [6, 6.07) is 0. The monoisotopic (exact) mass is 692 g/mol. The van der Waals surface area contributed by atoms with E-state index in [4.69, 9.17) is 28.4 Å². The third-order valence-electron chi connectivity index (χ3n) is 13.7. The molecule has 6 fully saturated rings. The molecule has 49 heavy (non-hydrogen) atoms. The average Bonchev–Trinajstić information content (AvgIpc) is 3.62. The van der Waals surface area contributed by atoms with E-state index in [0.717, 1.165) is 23.9 Å². The van der Waals surface area contributed by atoms with E-state index >= 15 is 0 Å². The molecule has 0 spiro atoms. The predicted molar refractivity (Wildman–Crippen MR) is 164 cm³/mol. The van der Waals surface area contributed by atoms with Gasteiger partial charge in [0.05, 0.1) is 35.9 Å². The Hall–Kier alpha value is -1.82. The average molecular weight is 693 g/mol. The maximum atomic E-state index is 13.4. The van der Waals surface area contributed by atoms with Gasteiger partial charge < -0.3 is 63.9 Å². The number of aliphatic hydroxyl groups excluding tert-OH is 4. The van der Waals surface area contributed by atoms with Crippen LogP contribution in [0.3, 0.4) is 0 Å². The van der Waals surface area contributed by atoms with E-state index in [1.807, 2.05) is 0 Å². The minimum atomic E-state index is -2.19. The van der Waals surface area contributed by atoms with Crippen LogP contribution >= 0.6 is 0 Å². The number of hydrogen-bond acceptors (Lipinski definition) is 14. The quantitative estimate of drug-likeness (QED) is 0.125. The van der Waals surface area contributed by atoms with Gasteiger partial charge in [0.15, 0.2) is 6.29 Å². The summed E-state index contributed by atoms with van der Waals surface area (Å²) < 4.78 is 35.8. The van der Waals surface area contributed by atoms with E-state index in [1.54, 1.807) is 13.0 Å². The molecule has 14 heteroatoms. The Labute approximate surface area is 283 Å². The fourth-order valence-corrected chi connectivity index (χ4v) is 11.1. The fraction of sp³-hybridized carbons (Fsp3) is 0.829.